The fourth-order valence-corrected chi connectivity index (χ4v) is 7.02. The maximum atomic E-state index is 13.1. The van der Waals surface area contributed by atoms with Crippen LogP contribution in [0.2, 0.25) is 0 Å². The van der Waals surface area contributed by atoms with E-state index in [9.17, 15) is 50.3 Å². The van der Waals surface area contributed by atoms with Crippen molar-refractivity contribution in [3.05, 3.63) is 96.6 Å². The van der Waals surface area contributed by atoms with E-state index < -0.39 is 79.8 Å². The molecule has 7 rings (SSSR count). The summed E-state index contributed by atoms with van der Waals surface area (Å²) in [7, 11) is 0. The van der Waals surface area contributed by atoms with E-state index in [4.69, 9.17) is 15.2 Å². The molecule has 0 spiro atoms. The molecule has 0 bridgehead atoms. The smallest absolute Gasteiger partial charge is 0.413 e. The van der Waals surface area contributed by atoms with Gasteiger partial charge in [-0.25, -0.2) is 19.4 Å². The summed E-state index contributed by atoms with van der Waals surface area (Å²) in [6.07, 6.45) is -4.69. The summed E-state index contributed by atoms with van der Waals surface area (Å²) < 4.78 is 89.7. The molecule has 4 aromatic heterocycles. The summed E-state index contributed by atoms with van der Waals surface area (Å²) >= 11 is 0. The van der Waals surface area contributed by atoms with Gasteiger partial charge in [-0.05, 0) is 51.2 Å². The minimum atomic E-state index is -4.52. The number of H-pyrrole nitrogens is 1. The lowest BCUT2D eigenvalue weighted by Gasteiger charge is -2.23. The molecule has 1 atom stereocenters. The van der Waals surface area contributed by atoms with Crippen molar-refractivity contribution < 1.29 is 59.8 Å². The van der Waals surface area contributed by atoms with Gasteiger partial charge in [-0.1, -0.05) is 60.7 Å². The molecule has 19 nitrogen and oxygen atoms in total. The maximum Gasteiger partial charge on any atom is 0.413 e. The quantitative estimate of drug-likeness (QED) is 0.0581. The van der Waals surface area contributed by atoms with Gasteiger partial charge in [-0.15, -0.1) is 0 Å². The molecule has 6 N–H and O–H groups in total. The number of nitrogens with two attached hydrogens (primary N) is 1. The second kappa shape index (κ2) is 22.7. The Balaban J connectivity index is 0.000000249. The molecule has 378 valence electrons. The lowest BCUT2D eigenvalue weighted by molar-refractivity contribution is -0.151. The Morgan fingerprint density at radius 2 is 1.31 bits per heavy atom. The molecule has 1 aliphatic rings. The molecule has 1 saturated heterocycles. The van der Waals surface area contributed by atoms with E-state index in [2.05, 4.69) is 41.2 Å². The van der Waals surface area contributed by atoms with Gasteiger partial charge >= 0.3 is 42.1 Å². The van der Waals surface area contributed by atoms with Crippen LogP contribution >= 0.6 is 0 Å². The number of fused-ring (bicyclic) bond motifs is 2. The number of rotatable bonds is 12. The van der Waals surface area contributed by atoms with Gasteiger partial charge in [0.15, 0.2) is 0 Å². The Bertz CT molecular complexity index is 2810. The van der Waals surface area contributed by atoms with Crippen molar-refractivity contribution in [2.45, 2.75) is 90.1 Å². The molecule has 25 heteroatoms. The lowest BCUT2D eigenvalue weighted by Crippen LogP contribution is -2.41. The molecule has 0 saturated carbocycles. The second-order valence-corrected chi connectivity index (χ2v) is 17.1. The number of alkyl halides is 6. The third-order valence-electron chi connectivity index (χ3n) is 10.4. The van der Waals surface area contributed by atoms with Gasteiger partial charge in [0.1, 0.15) is 29.0 Å². The van der Waals surface area contributed by atoms with Crippen molar-refractivity contribution in [2.24, 2.45) is 0 Å². The van der Waals surface area contributed by atoms with Gasteiger partial charge in [0.25, 0.3) is 0 Å². The summed E-state index contributed by atoms with van der Waals surface area (Å²) in [6, 6.07) is 16.8. The van der Waals surface area contributed by atoms with Gasteiger partial charge in [0.05, 0.1) is 59.1 Å². The third-order valence-corrected chi connectivity index (χ3v) is 10.4. The molecule has 6 aromatic rings. The molecule has 2 aromatic carbocycles. The zero-order chi connectivity index (χ0) is 51.5. The number of ether oxygens (including phenoxy) is 2. The Kier molecular flexibility index (Phi) is 16.8. The van der Waals surface area contributed by atoms with Crippen LogP contribution in [0.15, 0.2) is 85.5 Å². The molecule has 71 heavy (non-hydrogen) atoms. The number of pyridine rings is 2. The van der Waals surface area contributed by atoms with E-state index in [1.807, 2.05) is 0 Å². The second-order valence-electron chi connectivity index (χ2n) is 17.1. The first kappa shape index (κ1) is 52.5. The number of nitrogens with one attached hydrogen (secondary N) is 4. The molecule has 0 radical (unpaired) electrons. The van der Waals surface area contributed by atoms with Crippen molar-refractivity contribution in [3.63, 3.8) is 0 Å². The number of nitrogens with zero attached hydrogens (tertiary/aromatic N) is 7. The number of amides is 5. The Morgan fingerprint density at radius 3 is 1.83 bits per heavy atom. The zero-order valence-electron chi connectivity index (χ0n) is 38.6. The van der Waals surface area contributed by atoms with E-state index in [1.165, 1.54) is 18.6 Å². The first-order valence-electron chi connectivity index (χ1n) is 22.0. The topological polar surface area (TPSA) is 245 Å². The molecule has 1 unspecified atom stereocenters. The SMILES string of the molecule is CC(C)(C)OC(=O)Nc1ncc(NC(=O)C(=O)N(CCC(F)(F)F)Cc2ccccc2)c2nn(C3CCCCO3)cc12.Nc1ncc(NC(=O)C(=O)N(CCC(F)(F)F)Cc2ccccc2)c2[nH]ncc12. The zero-order valence-corrected chi connectivity index (χ0v) is 38.6. The summed E-state index contributed by atoms with van der Waals surface area (Å²) in [5.74, 6) is -4.22. The molecule has 5 amide bonds. The molecule has 1 aliphatic heterocycles. The maximum absolute atomic E-state index is 13.1. The predicted octanol–water partition coefficient (Wildman–Crippen LogP) is 7.86. The number of aromatic nitrogens is 6. The largest absolute Gasteiger partial charge is 0.444 e. The fraction of sp³-hybridized carbons (Fsp3) is 0.370. The van der Waals surface area contributed by atoms with Gasteiger partial charge in [0, 0.05) is 39.0 Å². The number of halogens is 6. The summed E-state index contributed by atoms with van der Waals surface area (Å²) in [6.45, 7) is 3.98. The standard InChI is InChI=1S/C28H33F3N6O5.C18H17F3N6O2/c1-27(2,3)42-26(40)34-23-19-17-37(21-11-7-8-14-41-21)35-22(19)20(15-32-23)33-24(38)25(39)36(13-12-28(29,30)31)16-18-9-5-4-6-10-18;19-18(20,21)6-7-27(10-11-4-2-1-3-5-11)17(29)16(28)25-13-9-23-15(22)12-8-24-26-14(12)13/h4-6,9-10,15,17,21H,7-8,11-14,16H2,1-3H3,(H,33,38)(H,32,34,40);1-5,8-9H,6-7,10H2,(H2,22,23)(H,24,26)(H,25,28). The van der Waals surface area contributed by atoms with Crippen LogP contribution in [0.1, 0.15) is 70.2 Å². The monoisotopic (exact) mass is 996 g/mol. The summed E-state index contributed by atoms with van der Waals surface area (Å²) in [4.78, 5) is 73.5. The number of carbonyl (C=O) groups excluding carboxylic acids is 5. The highest BCUT2D eigenvalue weighted by atomic mass is 19.4. The number of hydrogen-bond donors (Lipinski definition) is 5. The normalized spacial score (nSPS) is 14.0. The van der Waals surface area contributed by atoms with Gasteiger partial charge < -0.3 is 35.6 Å². The van der Waals surface area contributed by atoms with Crippen molar-refractivity contribution in [1.29, 1.82) is 0 Å². The highest BCUT2D eigenvalue weighted by Crippen LogP contribution is 2.32. The van der Waals surface area contributed by atoms with Crippen molar-refractivity contribution in [3.8, 4) is 0 Å². The molecule has 5 heterocycles. The number of nitrogen functional groups attached to an aromatic ring is 1. The van der Waals surface area contributed by atoms with Gasteiger partial charge in [-0.3, -0.25) is 29.6 Å². The van der Waals surface area contributed by atoms with Crippen LogP contribution in [0.25, 0.3) is 21.8 Å². The van der Waals surface area contributed by atoms with Crippen LogP contribution < -0.4 is 21.7 Å². The Labute approximate surface area is 401 Å². The van der Waals surface area contributed by atoms with Crippen LogP contribution in [-0.4, -0.2) is 107 Å². The molecular formula is C46H50F6N12O7. The van der Waals surface area contributed by atoms with Crippen molar-refractivity contribution >= 4 is 74.5 Å². The first-order chi connectivity index (χ1) is 33.5. The van der Waals surface area contributed by atoms with Gasteiger partial charge in [0.2, 0.25) is 0 Å². The Morgan fingerprint density at radius 1 is 0.761 bits per heavy atom. The highest BCUT2D eigenvalue weighted by molar-refractivity contribution is 6.40. The highest BCUT2D eigenvalue weighted by Gasteiger charge is 2.33. The van der Waals surface area contributed by atoms with Crippen LogP contribution in [0.4, 0.5) is 54.1 Å². The van der Waals surface area contributed by atoms with E-state index in [0.29, 0.717) is 40.4 Å². The average Bonchev–Trinajstić information content (AvgIpc) is 4.01. The van der Waals surface area contributed by atoms with Crippen molar-refractivity contribution in [1.82, 2.24) is 39.7 Å². The number of hydrogen-bond acceptors (Lipinski definition) is 12. The van der Waals surface area contributed by atoms with E-state index in [1.54, 1.807) is 92.3 Å². The van der Waals surface area contributed by atoms with Crippen LogP contribution in [0.3, 0.4) is 0 Å². The number of benzene rings is 2. The van der Waals surface area contributed by atoms with Gasteiger partial charge in [-0.2, -0.15) is 36.5 Å². The predicted molar refractivity (Wildman–Crippen MR) is 247 cm³/mol. The fourth-order valence-electron chi connectivity index (χ4n) is 7.02. The minimum absolute atomic E-state index is 0.0307. The van der Waals surface area contributed by atoms with Crippen LogP contribution in [-0.2, 0) is 41.7 Å². The lowest BCUT2D eigenvalue weighted by atomic mass is 10.2. The summed E-state index contributed by atoms with van der Waals surface area (Å²) in [5.41, 5.74) is 6.81. The molecule has 1 fully saturated rings. The average molecular weight is 997 g/mol. The number of carbonyl (C=O) groups is 5. The van der Waals surface area contributed by atoms with E-state index in [-0.39, 0.29) is 41.6 Å². The summed E-state index contributed by atoms with van der Waals surface area (Å²) in [5, 5.41) is 19.1. The number of anilines is 4. The molecular weight excluding hydrogens is 947 g/mol. The minimum Gasteiger partial charge on any atom is -0.444 e. The van der Waals surface area contributed by atoms with E-state index in [0.717, 1.165) is 22.6 Å². The van der Waals surface area contributed by atoms with E-state index >= 15 is 0 Å². The third kappa shape index (κ3) is 15.3. The molecule has 0 aliphatic carbocycles. The van der Waals surface area contributed by atoms with Crippen LogP contribution in [0.5, 0.6) is 0 Å². The Hall–Kier alpha value is -7.83. The van der Waals surface area contributed by atoms with Crippen molar-refractivity contribution in [2.75, 3.05) is 41.4 Å². The van der Waals surface area contributed by atoms with Crippen LogP contribution in [0, 0.1) is 0 Å². The first-order valence-corrected chi connectivity index (χ1v) is 22.0. The number of aromatic amines is 1.